The predicted molar refractivity (Wildman–Crippen MR) is 103 cm³/mol. The summed E-state index contributed by atoms with van der Waals surface area (Å²) in [6, 6.07) is 9.20. The molecule has 28 heavy (non-hydrogen) atoms. The molecule has 0 saturated heterocycles. The van der Waals surface area contributed by atoms with Crippen LogP contribution in [0.2, 0.25) is 0 Å². The van der Waals surface area contributed by atoms with Crippen molar-refractivity contribution < 1.29 is 18.7 Å². The van der Waals surface area contributed by atoms with Crippen molar-refractivity contribution in [3.05, 3.63) is 70.6 Å². The number of aromatic nitrogens is 2. The molecule has 2 amide bonds. The highest BCUT2D eigenvalue weighted by Gasteiger charge is 2.14. The lowest BCUT2D eigenvalue weighted by Crippen LogP contribution is -2.24. The van der Waals surface area contributed by atoms with E-state index in [4.69, 9.17) is 4.74 Å². The number of pyridine rings is 1. The lowest BCUT2D eigenvalue weighted by molar-refractivity contribution is -0.120. The molecule has 144 valence electrons. The summed E-state index contributed by atoms with van der Waals surface area (Å²) >= 11 is 1.17. The van der Waals surface area contributed by atoms with Crippen LogP contribution in [-0.4, -0.2) is 28.9 Å². The number of methoxy groups -OCH3 is 1. The van der Waals surface area contributed by atoms with Gasteiger partial charge in [-0.15, -0.1) is 11.3 Å². The topological polar surface area (TPSA) is 93.2 Å². The van der Waals surface area contributed by atoms with Crippen LogP contribution in [0, 0.1) is 5.82 Å². The third kappa shape index (κ3) is 5.10. The Morgan fingerprint density at radius 2 is 2.07 bits per heavy atom. The number of nitrogens with one attached hydrogen (secondary N) is 2. The summed E-state index contributed by atoms with van der Waals surface area (Å²) in [5, 5.41) is 7.30. The first-order valence-electron chi connectivity index (χ1n) is 8.31. The highest BCUT2D eigenvalue weighted by molar-refractivity contribution is 7.14. The quantitative estimate of drug-likeness (QED) is 0.636. The average molecular weight is 400 g/mol. The van der Waals surface area contributed by atoms with Gasteiger partial charge in [0.1, 0.15) is 5.82 Å². The predicted octanol–water partition coefficient (Wildman–Crippen LogP) is 2.80. The van der Waals surface area contributed by atoms with Crippen molar-refractivity contribution in [2.24, 2.45) is 0 Å². The van der Waals surface area contributed by atoms with E-state index in [1.54, 1.807) is 29.8 Å². The Hall–Kier alpha value is -3.33. The zero-order valence-corrected chi connectivity index (χ0v) is 15.8. The van der Waals surface area contributed by atoms with Gasteiger partial charge in [0.25, 0.3) is 5.91 Å². The molecular weight excluding hydrogens is 383 g/mol. The summed E-state index contributed by atoms with van der Waals surface area (Å²) < 4.78 is 18.7. The van der Waals surface area contributed by atoms with Gasteiger partial charge in [-0.2, -0.15) is 0 Å². The Kier molecular flexibility index (Phi) is 6.28. The van der Waals surface area contributed by atoms with E-state index >= 15 is 0 Å². The van der Waals surface area contributed by atoms with Crippen molar-refractivity contribution in [3.63, 3.8) is 0 Å². The van der Waals surface area contributed by atoms with Crippen molar-refractivity contribution >= 4 is 28.3 Å². The number of hydrogen-bond donors (Lipinski definition) is 2. The third-order valence-corrected chi connectivity index (χ3v) is 4.54. The molecule has 3 rings (SSSR count). The number of benzene rings is 1. The van der Waals surface area contributed by atoms with Gasteiger partial charge < -0.3 is 10.1 Å². The minimum absolute atomic E-state index is 0.0638. The van der Waals surface area contributed by atoms with Crippen LogP contribution in [0.5, 0.6) is 5.88 Å². The first-order chi connectivity index (χ1) is 13.5. The lowest BCUT2D eigenvalue weighted by atomic mass is 10.2. The second kappa shape index (κ2) is 9.05. The van der Waals surface area contributed by atoms with Crippen molar-refractivity contribution in [2.75, 3.05) is 12.4 Å². The Balaban J connectivity index is 1.53. The van der Waals surface area contributed by atoms with Gasteiger partial charge >= 0.3 is 0 Å². The summed E-state index contributed by atoms with van der Waals surface area (Å²) in [7, 11) is 1.52. The number of rotatable bonds is 7. The van der Waals surface area contributed by atoms with E-state index in [1.807, 2.05) is 0 Å². The van der Waals surface area contributed by atoms with Crippen LogP contribution in [0.4, 0.5) is 9.52 Å². The minimum Gasteiger partial charge on any atom is -0.481 e. The number of anilines is 1. The molecule has 0 saturated carbocycles. The highest BCUT2D eigenvalue weighted by Crippen LogP contribution is 2.18. The molecule has 2 heterocycles. The van der Waals surface area contributed by atoms with Crippen LogP contribution in [-0.2, 0) is 17.8 Å². The molecule has 7 nitrogen and oxygen atoms in total. The van der Waals surface area contributed by atoms with Crippen LogP contribution in [0.3, 0.4) is 0 Å². The van der Waals surface area contributed by atoms with Gasteiger partial charge in [-0.1, -0.05) is 12.1 Å². The average Bonchev–Trinajstić information content (AvgIpc) is 3.13. The molecule has 3 aromatic rings. The third-order valence-electron chi connectivity index (χ3n) is 3.73. The number of nitrogens with zero attached hydrogens (tertiary/aromatic N) is 2. The number of carbonyl (C=O) groups excluding carboxylic acids is 2. The second-order valence-corrected chi connectivity index (χ2v) is 6.60. The van der Waals surface area contributed by atoms with Crippen LogP contribution >= 0.6 is 11.3 Å². The number of halogens is 1. The molecule has 9 heteroatoms. The fraction of sp³-hybridized carbons (Fsp3) is 0.158. The normalized spacial score (nSPS) is 10.4. The largest absolute Gasteiger partial charge is 0.481 e. The molecule has 1 aromatic carbocycles. The van der Waals surface area contributed by atoms with Gasteiger partial charge in [0, 0.05) is 24.2 Å². The molecule has 0 aliphatic rings. The molecule has 2 N–H and O–H groups in total. The maximum atomic E-state index is 13.6. The number of ether oxygens (including phenoxy) is 1. The van der Waals surface area contributed by atoms with Gasteiger partial charge in [-0.3, -0.25) is 14.9 Å². The molecule has 0 spiro atoms. The van der Waals surface area contributed by atoms with Crippen molar-refractivity contribution in [3.8, 4) is 5.88 Å². The van der Waals surface area contributed by atoms with Crippen LogP contribution < -0.4 is 15.4 Å². The second-order valence-electron chi connectivity index (χ2n) is 5.74. The van der Waals surface area contributed by atoms with Crippen molar-refractivity contribution in [1.82, 2.24) is 15.3 Å². The van der Waals surface area contributed by atoms with E-state index in [2.05, 4.69) is 20.6 Å². The maximum Gasteiger partial charge on any atom is 0.260 e. The number of hydrogen-bond acceptors (Lipinski definition) is 6. The number of thiazole rings is 1. The SMILES string of the molecule is COc1cc(CNC(=O)Cc2csc(NC(=O)c3ccccc3F)n2)ccn1. The summed E-state index contributed by atoms with van der Waals surface area (Å²) in [5.74, 6) is -0.937. The molecule has 0 radical (unpaired) electrons. The van der Waals surface area contributed by atoms with E-state index in [9.17, 15) is 14.0 Å². The fourth-order valence-electron chi connectivity index (χ4n) is 2.36. The Morgan fingerprint density at radius 1 is 1.25 bits per heavy atom. The molecule has 0 bridgehead atoms. The Morgan fingerprint density at radius 3 is 2.86 bits per heavy atom. The van der Waals surface area contributed by atoms with Crippen LogP contribution in [0.1, 0.15) is 21.6 Å². The van der Waals surface area contributed by atoms with Gasteiger partial charge in [-0.25, -0.2) is 14.4 Å². The van der Waals surface area contributed by atoms with Crippen LogP contribution in [0.25, 0.3) is 0 Å². The summed E-state index contributed by atoms with van der Waals surface area (Å²) in [4.78, 5) is 32.4. The number of amides is 2. The summed E-state index contributed by atoms with van der Waals surface area (Å²) in [6.45, 7) is 0.332. The van der Waals surface area contributed by atoms with Gasteiger partial charge in [0.05, 0.1) is 24.8 Å². The van der Waals surface area contributed by atoms with Gasteiger partial charge in [0.2, 0.25) is 11.8 Å². The zero-order chi connectivity index (χ0) is 19.9. The fourth-order valence-corrected chi connectivity index (χ4v) is 3.06. The van der Waals surface area contributed by atoms with Crippen molar-refractivity contribution in [2.45, 2.75) is 13.0 Å². The van der Waals surface area contributed by atoms with E-state index < -0.39 is 11.7 Å². The number of carbonyl (C=O) groups is 2. The highest BCUT2D eigenvalue weighted by atomic mass is 32.1. The molecule has 2 aromatic heterocycles. The Labute approximate surface area is 164 Å². The van der Waals surface area contributed by atoms with E-state index in [0.29, 0.717) is 23.3 Å². The van der Waals surface area contributed by atoms with E-state index in [1.165, 1.54) is 36.6 Å². The first-order valence-corrected chi connectivity index (χ1v) is 9.19. The molecule has 0 fully saturated rings. The van der Waals surface area contributed by atoms with E-state index in [0.717, 1.165) is 5.56 Å². The van der Waals surface area contributed by atoms with Gasteiger partial charge in [-0.05, 0) is 23.8 Å². The zero-order valence-electron chi connectivity index (χ0n) is 14.9. The van der Waals surface area contributed by atoms with Crippen LogP contribution in [0.15, 0.2) is 48.0 Å². The monoisotopic (exact) mass is 400 g/mol. The Bertz CT molecular complexity index is 993. The minimum atomic E-state index is -0.608. The smallest absolute Gasteiger partial charge is 0.260 e. The maximum absolute atomic E-state index is 13.6. The lowest BCUT2D eigenvalue weighted by Gasteiger charge is -2.05. The molecule has 0 atom stereocenters. The molecule has 0 aliphatic carbocycles. The van der Waals surface area contributed by atoms with Crippen molar-refractivity contribution in [1.29, 1.82) is 0 Å². The summed E-state index contributed by atoms with van der Waals surface area (Å²) in [5.41, 5.74) is 1.31. The molecule has 0 unspecified atom stereocenters. The molecular formula is C19H17FN4O3S. The first kappa shape index (κ1) is 19.4. The van der Waals surface area contributed by atoms with Gasteiger partial charge in [0.15, 0.2) is 5.13 Å². The molecule has 0 aliphatic heterocycles. The summed E-state index contributed by atoms with van der Waals surface area (Å²) in [6.07, 6.45) is 1.67. The standard InChI is InChI=1S/C19H17FN4O3S/c1-27-17-8-12(6-7-21-17)10-22-16(25)9-13-11-28-19(23-13)24-18(26)14-4-2-3-5-15(14)20/h2-8,11H,9-10H2,1H3,(H,22,25)(H,23,24,26). The van der Waals surface area contributed by atoms with E-state index in [-0.39, 0.29) is 17.9 Å².